The van der Waals surface area contributed by atoms with Crippen LogP contribution in [0.1, 0.15) is 31.4 Å². The number of thioether (sulfide) groups is 1. The molecule has 0 spiro atoms. The summed E-state index contributed by atoms with van der Waals surface area (Å²) in [5, 5.41) is 15.0. The highest BCUT2D eigenvalue weighted by Gasteiger charge is 2.29. The van der Waals surface area contributed by atoms with Gasteiger partial charge in [0, 0.05) is 12.6 Å². The Hall–Kier alpha value is 0.0700. The molecule has 1 aliphatic rings. The first-order valence-corrected chi connectivity index (χ1v) is 8.40. The minimum absolute atomic E-state index is 0.0739. The van der Waals surface area contributed by atoms with Gasteiger partial charge in [-0.05, 0) is 42.9 Å². The predicted octanol–water partition coefficient (Wildman–Crippen LogP) is 3.90. The third kappa shape index (κ3) is 4.02. The molecular formula is C14H19Cl2NOS. The summed E-state index contributed by atoms with van der Waals surface area (Å²) < 4.78 is 0. The molecule has 1 fully saturated rings. The molecule has 106 valence electrons. The molecule has 1 aliphatic heterocycles. The molecule has 0 radical (unpaired) electrons. The van der Waals surface area contributed by atoms with Gasteiger partial charge in [-0.25, -0.2) is 0 Å². The van der Waals surface area contributed by atoms with E-state index in [-0.39, 0.29) is 6.04 Å². The van der Waals surface area contributed by atoms with E-state index in [4.69, 9.17) is 23.2 Å². The molecule has 1 saturated heterocycles. The summed E-state index contributed by atoms with van der Waals surface area (Å²) >= 11 is 14.1. The molecule has 0 bridgehead atoms. The van der Waals surface area contributed by atoms with E-state index >= 15 is 0 Å². The second-order valence-electron chi connectivity index (χ2n) is 5.08. The zero-order valence-corrected chi connectivity index (χ0v) is 13.3. The molecule has 2 N–H and O–H groups in total. The molecule has 0 amide bonds. The Balaban J connectivity index is 1.97. The Kier molecular flexibility index (Phi) is 5.44. The second kappa shape index (κ2) is 6.68. The van der Waals surface area contributed by atoms with Crippen LogP contribution in [-0.4, -0.2) is 28.8 Å². The molecular weight excluding hydrogens is 301 g/mol. The number of hydrogen-bond acceptors (Lipinski definition) is 3. The van der Waals surface area contributed by atoms with Crippen molar-refractivity contribution in [1.29, 1.82) is 0 Å². The van der Waals surface area contributed by atoms with Crippen LogP contribution in [0.4, 0.5) is 0 Å². The third-order valence-electron chi connectivity index (χ3n) is 3.61. The monoisotopic (exact) mass is 319 g/mol. The third-order valence-corrected chi connectivity index (χ3v) is 5.43. The maximum atomic E-state index is 10.5. The SMILES string of the molecule is CC(NCC1(O)CCSCC1)c1cccc(Cl)c1Cl. The summed E-state index contributed by atoms with van der Waals surface area (Å²) in [6.07, 6.45) is 1.70. The van der Waals surface area contributed by atoms with Crippen LogP contribution in [-0.2, 0) is 0 Å². The number of nitrogens with one attached hydrogen (secondary N) is 1. The fourth-order valence-electron chi connectivity index (χ4n) is 2.24. The van der Waals surface area contributed by atoms with E-state index in [1.807, 2.05) is 30.8 Å². The first-order chi connectivity index (χ1) is 9.02. The molecule has 2 rings (SSSR count). The molecule has 1 aromatic carbocycles. The van der Waals surface area contributed by atoms with Crippen molar-refractivity contribution in [1.82, 2.24) is 5.32 Å². The summed E-state index contributed by atoms with van der Waals surface area (Å²) in [6, 6.07) is 5.72. The van der Waals surface area contributed by atoms with Crippen LogP contribution >= 0.6 is 35.0 Å². The quantitative estimate of drug-likeness (QED) is 0.882. The van der Waals surface area contributed by atoms with Crippen LogP contribution in [0.2, 0.25) is 10.0 Å². The topological polar surface area (TPSA) is 32.3 Å². The minimum Gasteiger partial charge on any atom is -0.389 e. The normalized spacial score (nSPS) is 20.2. The summed E-state index contributed by atoms with van der Waals surface area (Å²) in [4.78, 5) is 0. The summed E-state index contributed by atoms with van der Waals surface area (Å²) in [5.74, 6) is 2.06. The molecule has 1 unspecified atom stereocenters. The van der Waals surface area contributed by atoms with Crippen LogP contribution in [0.15, 0.2) is 18.2 Å². The zero-order chi connectivity index (χ0) is 13.9. The molecule has 0 saturated carbocycles. The standard InChI is InChI=1S/C14H19Cl2NOS/c1-10(11-3-2-4-12(15)13(11)16)17-9-14(18)5-7-19-8-6-14/h2-4,10,17-18H,5-9H2,1H3. The lowest BCUT2D eigenvalue weighted by molar-refractivity contribution is 0.0300. The van der Waals surface area contributed by atoms with Gasteiger partial charge < -0.3 is 10.4 Å². The largest absolute Gasteiger partial charge is 0.389 e. The number of rotatable bonds is 4. The van der Waals surface area contributed by atoms with Crippen LogP contribution in [0.25, 0.3) is 0 Å². The molecule has 2 nitrogen and oxygen atoms in total. The first kappa shape index (κ1) is 15.5. The van der Waals surface area contributed by atoms with Gasteiger partial charge in [0.05, 0.1) is 15.6 Å². The van der Waals surface area contributed by atoms with Crippen molar-refractivity contribution in [2.45, 2.75) is 31.4 Å². The maximum absolute atomic E-state index is 10.5. The van der Waals surface area contributed by atoms with Crippen LogP contribution < -0.4 is 5.32 Å². The number of benzene rings is 1. The van der Waals surface area contributed by atoms with Crippen molar-refractivity contribution in [2.24, 2.45) is 0 Å². The fraction of sp³-hybridized carbons (Fsp3) is 0.571. The molecule has 0 aromatic heterocycles. The lowest BCUT2D eigenvalue weighted by atomic mass is 9.96. The van der Waals surface area contributed by atoms with Gasteiger partial charge in [0.1, 0.15) is 0 Å². The molecule has 1 aromatic rings. The lowest BCUT2D eigenvalue weighted by Crippen LogP contribution is -2.44. The summed E-state index contributed by atoms with van der Waals surface area (Å²) in [5.41, 5.74) is 0.396. The first-order valence-electron chi connectivity index (χ1n) is 6.49. The molecule has 0 aliphatic carbocycles. The van der Waals surface area contributed by atoms with Crippen molar-refractivity contribution in [3.8, 4) is 0 Å². The summed E-state index contributed by atoms with van der Waals surface area (Å²) in [7, 11) is 0. The van der Waals surface area contributed by atoms with Crippen molar-refractivity contribution in [3.05, 3.63) is 33.8 Å². The number of halogens is 2. The highest BCUT2D eigenvalue weighted by atomic mass is 35.5. The zero-order valence-electron chi connectivity index (χ0n) is 11.0. The van der Waals surface area contributed by atoms with Gasteiger partial charge in [0.2, 0.25) is 0 Å². The van der Waals surface area contributed by atoms with E-state index in [2.05, 4.69) is 5.32 Å². The predicted molar refractivity (Wildman–Crippen MR) is 84.4 cm³/mol. The van der Waals surface area contributed by atoms with Crippen LogP contribution in [0.5, 0.6) is 0 Å². The maximum Gasteiger partial charge on any atom is 0.0787 e. The van der Waals surface area contributed by atoms with E-state index < -0.39 is 5.60 Å². The van der Waals surface area contributed by atoms with Gasteiger partial charge in [-0.1, -0.05) is 35.3 Å². The van der Waals surface area contributed by atoms with E-state index in [9.17, 15) is 5.11 Å². The van der Waals surface area contributed by atoms with E-state index in [0.717, 1.165) is 29.9 Å². The Bertz CT molecular complexity index is 435. The molecule has 5 heteroatoms. The molecule has 1 atom stereocenters. The van der Waals surface area contributed by atoms with Crippen molar-refractivity contribution in [2.75, 3.05) is 18.1 Å². The minimum atomic E-state index is -0.579. The highest BCUT2D eigenvalue weighted by Crippen LogP contribution is 2.31. The van der Waals surface area contributed by atoms with Gasteiger partial charge in [0.15, 0.2) is 0 Å². The van der Waals surface area contributed by atoms with Crippen LogP contribution in [0, 0.1) is 0 Å². The van der Waals surface area contributed by atoms with Gasteiger partial charge in [-0.15, -0.1) is 0 Å². The van der Waals surface area contributed by atoms with Crippen molar-refractivity contribution < 1.29 is 5.11 Å². The lowest BCUT2D eigenvalue weighted by Gasteiger charge is -2.33. The fourth-order valence-corrected chi connectivity index (χ4v) is 3.96. The van der Waals surface area contributed by atoms with Crippen molar-refractivity contribution in [3.63, 3.8) is 0 Å². The molecule has 1 heterocycles. The van der Waals surface area contributed by atoms with Gasteiger partial charge in [-0.3, -0.25) is 0 Å². The number of hydrogen-bond donors (Lipinski definition) is 2. The Morgan fingerprint density at radius 2 is 2.05 bits per heavy atom. The van der Waals surface area contributed by atoms with Crippen molar-refractivity contribution >= 4 is 35.0 Å². The highest BCUT2D eigenvalue weighted by molar-refractivity contribution is 7.99. The van der Waals surface area contributed by atoms with Gasteiger partial charge in [0.25, 0.3) is 0 Å². The van der Waals surface area contributed by atoms with E-state index in [0.29, 0.717) is 16.6 Å². The van der Waals surface area contributed by atoms with E-state index in [1.165, 1.54) is 0 Å². The van der Waals surface area contributed by atoms with Crippen LogP contribution in [0.3, 0.4) is 0 Å². The van der Waals surface area contributed by atoms with Gasteiger partial charge >= 0.3 is 0 Å². The second-order valence-corrected chi connectivity index (χ2v) is 7.09. The Labute approximate surface area is 128 Å². The van der Waals surface area contributed by atoms with E-state index in [1.54, 1.807) is 6.07 Å². The summed E-state index contributed by atoms with van der Waals surface area (Å²) in [6.45, 7) is 2.63. The number of aliphatic hydroxyl groups is 1. The average molecular weight is 320 g/mol. The average Bonchev–Trinajstić information content (AvgIpc) is 2.40. The molecule has 19 heavy (non-hydrogen) atoms. The Morgan fingerprint density at radius 1 is 1.37 bits per heavy atom. The Morgan fingerprint density at radius 3 is 2.74 bits per heavy atom. The van der Waals surface area contributed by atoms with Gasteiger partial charge in [-0.2, -0.15) is 11.8 Å². The smallest absolute Gasteiger partial charge is 0.0787 e.